The lowest BCUT2D eigenvalue weighted by Gasteiger charge is -2.34. The standard InChI is InChI=1S/C24H22N4O3S2/c29-24(26-21-9-3-6-18(14-21)16-27-12-5-11-25-27)22-15-19-7-1-2-8-20(19)17-28(22)33(30,31)23-10-4-13-32-23/h1-14,22H,15-17H2,(H,26,29)/t22-/m0/s1. The summed E-state index contributed by atoms with van der Waals surface area (Å²) in [5.41, 5.74) is 3.51. The zero-order valence-electron chi connectivity index (χ0n) is 17.7. The smallest absolute Gasteiger partial charge is 0.253 e. The van der Waals surface area contributed by atoms with Crippen LogP contribution in [0.3, 0.4) is 0 Å². The second kappa shape index (κ2) is 8.93. The molecule has 1 N–H and O–H groups in total. The molecular formula is C24H22N4O3S2. The van der Waals surface area contributed by atoms with E-state index >= 15 is 0 Å². The highest BCUT2D eigenvalue weighted by molar-refractivity contribution is 7.91. The van der Waals surface area contributed by atoms with Gasteiger partial charge in [0.2, 0.25) is 5.91 Å². The second-order valence-corrected chi connectivity index (χ2v) is 10.9. The normalized spacial score (nSPS) is 16.3. The summed E-state index contributed by atoms with van der Waals surface area (Å²) in [5.74, 6) is -0.346. The van der Waals surface area contributed by atoms with E-state index in [1.807, 2.05) is 54.7 Å². The molecule has 0 radical (unpaired) electrons. The maximum atomic E-state index is 13.4. The first-order valence-electron chi connectivity index (χ1n) is 10.5. The Morgan fingerprint density at radius 1 is 1.06 bits per heavy atom. The van der Waals surface area contributed by atoms with E-state index in [-0.39, 0.29) is 16.7 Å². The lowest BCUT2D eigenvalue weighted by molar-refractivity contribution is -0.120. The van der Waals surface area contributed by atoms with Crippen molar-refractivity contribution in [1.29, 1.82) is 0 Å². The van der Waals surface area contributed by atoms with Crippen LogP contribution in [0.5, 0.6) is 0 Å². The molecule has 0 fully saturated rings. The van der Waals surface area contributed by atoms with Crippen LogP contribution in [0.1, 0.15) is 16.7 Å². The van der Waals surface area contributed by atoms with E-state index in [1.165, 1.54) is 4.31 Å². The number of nitrogens with one attached hydrogen (secondary N) is 1. The third-order valence-electron chi connectivity index (χ3n) is 5.66. The minimum atomic E-state index is -3.81. The zero-order chi connectivity index (χ0) is 22.8. The average Bonchev–Trinajstić information content (AvgIpc) is 3.53. The number of rotatable bonds is 6. The Kier molecular flexibility index (Phi) is 5.84. The van der Waals surface area contributed by atoms with Crippen molar-refractivity contribution < 1.29 is 13.2 Å². The number of thiophene rings is 1. The van der Waals surface area contributed by atoms with Gasteiger partial charge < -0.3 is 5.32 Å². The lowest BCUT2D eigenvalue weighted by atomic mass is 9.95. The quantitative estimate of drug-likeness (QED) is 0.458. The number of anilines is 1. The van der Waals surface area contributed by atoms with Crippen LogP contribution in [0.2, 0.25) is 0 Å². The number of amides is 1. The monoisotopic (exact) mass is 478 g/mol. The third kappa shape index (κ3) is 4.47. The Morgan fingerprint density at radius 2 is 1.91 bits per heavy atom. The van der Waals surface area contributed by atoms with Gasteiger partial charge in [-0.3, -0.25) is 9.48 Å². The van der Waals surface area contributed by atoms with Crippen molar-refractivity contribution in [2.75, 3.05) is 5.32 Å². The van der Waals surface area contributed by atoms with Gasteiger partial charge in [-0.1, -0.05) is 42.5 Å². The van der Waals surface area contributed by atoms with Gasteiger partial charge in [-0.2, -0.15) is 9.40 Å². The number of carbonyl (C=O) groups is 1. The molecule has 2 aromatic carbocycles. The molecule has 7 nitrogen and oxygen atoms in total. The van der Waals surface area contributed by atoms with Gasteiger partial charge in [-0.25, -0.2) is 8.42 Å². The number of hydrogen-bond donors (Lipinski definition) is 1. The lowest BCUT2D eigenvalue weighted by Crippen LogP contribution is -2.50. The Bertz CT molecular complexity index is 1370. The van der Waals surface area contributed by atoms with Crippen LogP contribution in [-0.2, 0) is 34.3 Å². The maximum absolute atomic E-state index is 13.4. The SMILES string of the molecule is O=C(Nc1cccc(Cn2cccn2)c1)[C@@H]1Cc2ccccc2CN1S(=O)(=O)c1cccs1. The Morgan fingerprint density at radius 3 is 2.67 bits per heavy atom. The summed E-state index contributed by atoms with van der Waals surface area (Å²) in [5, 5.41) is 8.88. The third-order valence-corrected chi connectivity index (χ3v) is 8.89. The second-order valence-electron chi connectivity index (χ2n) is 7.86. The molecule has 2 aromatic heterocycles. The molecule has 1 aliphatic heterocycles. The maximum Gasteiger partial charge on any atom is 0.253 e. The van der Waals surface area contributed by atoms with Crippen LogP contribution in [-0.4, -0.2) is 34.5 Å². The van der Waals surface area contributed by atoms with Crippen LogP contribution in [0.15, 0.2) is 88.7 Å². The van der Waals surface area contributed by atoms with Crippen molar-refractivity contribution in [2.45, 2.75) is 29.8 Å². The zero-order valence-corrected chi connectivity index (χ0v) is 19.3. The van der Waals surface area contributed by atoms with E-state index in [9.17, 15) is 13.2 Å². The van der Waals surface area contributed by atoms with Crippen LogP contribution in [0.4, 0.5) is 5.69 Å². The molecule has 33 heavy (non-hydrogen) atoms. The van der Waals surface area contributed by atoms with Gasteiger partial charge in [0.1, 0.15) is 10.3 Å². The van der Waals surface area contributed by atoms with Crippen LogP contribution in [0.25, 0.3) is 0 Å². The highest BCUT2D eigenvalue weighted by atomic mass is 32.2. The summed E-state index contributed by atoms with van der Waals surface area (Å²) < 4.78 is 30.2. The van der Waals surface area contributed by atoms with Gasteiger partial charge in [0.05, 0.1) is 6.54 Å². The summed E-state index contributed by atoms with van der Waals surface area (Å²) in [6.45, 7) is 0.736. The molecule has 3 heterocycles. The fourth-order valence-electron chi connectivity index (χ4n) is 4.05. The Labute approximate surface area is 196 Å². The molecule has 4 aromatic rings. The van der Waals surface area contributed by atoms with Crippen molar-refractivity contribution in [3.8, 4) is 0 Å². The summed E-state index contributed by atoms with van der Waals surface area (Å²) in [6.07, 6.45) is 3.91. The van der Waals surface area contributed by atoms with Crippen molar-refractivity contribution >= 4 is 33.0 Å². The molecule has 0 unspecified atom stereocenters. The number of hydrogen-bond acceptors (Lipinski definition) is 5. The minimum Gasteiger partial charge on any atom is -0.325 e. The number of nitrogens with zero attached hydrogens (tertiary/aromatic N) is 3. The molecule has 168 valence electrons. The van der Waals surface area contributed by atoms with Crippen LogP contribution in [0, 0.1) is 0 Å². The van der Waals surface area contributed by atoms with E-state index in [0.717, 1.165) is 28.0 Å². The average molecular weight is 479 g/mol. The van der Waals surface area contributed by atoms with Crippen LogP contribution < -0.4 is 5.32 Å². The molecule has 1 amide bonds. The predicted octanol–water partition coefficient (Wildman–Crippen LogP) is 3.75. The fourth-order valence-corrected chi connectivity index (χ4v) is 6.74. The van der Waals surface area contributed by atoms with E-state index in [4.69, 9.17) is 0 Å². The molecule has 9 heteroatoms. The van der Waals surface area contributed by atoms with Crippen LogP contribution >= 0.6 is 11.3 Å². The number of carbonyl (C=O) groups excluding carboxylic acids is 1. The van der Waals surface area contributed by atoms with E-state index in [2.05, 4.69) is 10.4 Å². The molecule has 0 spiro atoms. The highest BCUT2D eigenvalue weighted by Crippen LogP contribution is 2.31. The molecule has 0 bridgehead atoms. The van der Waals surface area contributed by atoms with Gasteiger partial charge in [-0.05, 0) is 52.8 Å². The molecule has 0 aliphatic carbocycles. The summed E-state index contributed by atoms with van der Waals surface area (Å²) in [7, 11) is -3.81. The number of benzene rings is 2. The van der Waals surface area contributed by atoms with Gasteiger partial charge in [0.15, 0.2) is 0 Å². The first-order chi connectivity index (χ1) is 16.0. The summed E-state index contributed by atoms with van der Waals surface area (Å²) >= 11 is 1.16. The van der Waals surface area contributed by atoms with E-state index in [1.54, 1.807) is 34.5 Å². The Balaban J connectivity index is 1.43. The molecular weight excluding hydrogens is 456 g/mol. The predicted molar refractivity (Wildman–Crippen MR) is 127 cm³/mol. The van der Waals surface area contributed by atoms with Gasteiger partial charge in [0.25, 0.3) is 10.0 Å². The van der Waals surface area contributed by atoms with Crippen molar-refractivity contribution in [2.24, 2.45) is 0 Å². The van der Waals surface area contributed by atoms with E-state index in [0.29, 0.717) is 18.7 Å². The minimum absolute atomic E-state index is 0.161. The molecule has 0 saturated heterocycles. The van der Waals surface area contributed by atoms with Crippen molar-refractivity contribution in [3.63, 3.8) is 0 Å². The molecule has 5 rings (SSSR count). The van der Waals surface area contributed by atoms with Gasteiger partial charge in [0, 0.05) is 24.6 Å². The summed E-state index contributed by atoms with van der Waals surface area (Å²) in [6, 6.07) is 19.5. The Hall–Kier alpha value is -3.27. The topological polar surface area (TPSA) is 84.3 Å². The number of fused-ring (bicyclic) bond motifs is 1. The first-order valence-corrected chi connectivity index (χ1v) is 12.8. The molecule has 0 saturated carbocycles. The van der Waals surface area contributed by atoms with Gasteiger partial charge >= 0.3 is 0 Å². The number of sulfonamides is 1. The van der Waals surface area contributed by atoms with Gasteiger partial charge in [-0.15, -0.1) is 11.3 Å². The summed E-state index contributed by atoms with van der Waals surface area (Å²) in [4.78, 5) is 13.4. The number of aromatic nitrogens is 2. The first kappa shape index (κ1) is 21.6. The van der Waals surface area contributed by atoms with Crippen molar-refractivity contribution in [1.82, 2.24) is 14.1 Å². The highest BCUT2D eigenvalue weighted by Gasteiger charge is 2.40. The largest absolute Gasteiger partial charge is 0.325 e. The van der Waals surface area contributed by atoms with E-state index < -0.39 is 16.1 Å². The van der Waals surface area contributed by atoms with Crippen molar-refractivity contribution in [3.05, 3.63) is 101 Å². The molecule has 1 atom stereocenters. The molecule has 1 aliphatic rings. The fraction of sp³-hybridized carbons (Fsp3) is 0.167.